The molecule has 0 fully saturated rings. The van der Waals surface area contributed by atoms with Crippen LogP contribution in [0.25, 0.3) is 16.6 Å². The average molecular weight is 255 g/mol. The standard InChI is InChI=1S/C15H14FN3/c1-17-9-12-6-4-7-13(16)15(12)19-14-8-3-2-5-11(14)10-18-19/h2-8,10,17H,9H2,1H3. The molecule has 0 saturated carbocycles. The second-order valence-corrected chi connectivity index (χ2v) is 4.39. The van der Waals surface area contributed by atoms with Crippen molar-refractivity contribution in [2.24, 2.45) is 0 Å². The van der Waals surface area contributed by atoms with Gasteiger partial charge in [-0.3, -0.25) is 0 Å². The Labute approximate surface area is 110 Å². The van der Waals surface area contributed by atoms with Crippen LogP contribution in [0.5, 0.6) is 0 Å². The largest absolute Gasteiger partial charge is 0.316 e. The van der Waals surface area contributed by atoms with E-state index < -0.39 is 0 Å². The van der Waals surface area contributed by atoms with E-state index in [4.69, 9.17) is 0 Å². The normalized spacial score (nSPS) is 11.1. The van der Waals surface area contributed by atoms with E-state index in [1.54, 1.807) is 16.9 Å². The first-order valence-electron chi connectivity index (χ1n) is 6.16. The van der Waals surface area contributed by atoms with Gasteiger partial charge in [-0.1, -0.05) is 30.3 Å². The van der Waals surface area contributed by atoms with Crippen molar-refractivity contribution in [2.75, 3.05) is 7.05 Å². The molecule has 3 rings (SSSR count). The van der Waals surface area contributed by atoms with Gasteiger partial charge in [0.1, 0.15) is 11.5 Å². The van der Waals surface area contributed by atoms with E-state index in [9.17, 15) is 4.39 Å². The van der Waals surface area contributed by atoms with Crippen LogP contribution in [-0.4, -0.2) is 16.8 Å². The Morgan fingerprint density at radius 3 is 2.84 bits per heavy atom. The summed E-state index contributed by atoms with van der Waals surface area (Å²) in [5, 5.41) is 8.37. The molecule has 0 atom stereocenters. The van der Waals surface area contributed by atoms with E-state index >= 15 is 0 Å². The maximum Gasteiger partial charge on any atom is 0.149 e. The fourth-order valence-corrected chi connectivity index (χ4v) is 2.28. The van der Waals surface area contributed by atoms with Gasteiger partial charge < -0.3 is 5.32 Å². The molecule has 0 bridgehead atoms. The van der Waals surface area contributed by atoms with Crippen LogP contribution in [0.3, 0.4) is 0 Å². The highest BCUT2D eigenvalue weighted by atomic mass is 19.1. The van der Waals surface area contributed by atoms with E-state index in [-0.39, 0.29) is 5.82 Å². The van der Waals surface area contributed by atoms with E-state index in [1.165, 1.54) is 6.07 Å². The minimum Gasteiger partial charge on any atom is -0.316 e. The Morgan fingerprint density at radius 1 is 1.16 bits per heavy atom. The van der Waals surface area contributed by atoms with Crippen molar-refractivity contribution < 1.29 is 4.39 Å². The highest BCUT2D eigenvalue weighted by Crippen LogP contribution is 2.23. The summed E-state index contributed by atoms with van der Waals surface area (Å²) < 4.78 is 15.8. The average Bonchev–Trinajstić information content (AvgIpc) is 2.83. The summed E-state index contributed by atoms with van der Waals surface area (Å²) >= 11 is 0. The molecule has 19 heavy (non-hydrogen) atoms. The topological polar surface area (TPSA) is 29.9 Å². The number of hydrogen-bond acceptors (Lipinski definition) is 2. The number of fused-ring (bicyclic) bond motifs is 1. The van der Waals surface area contributed by atoms with Crippen LogP contribution < -0.4 is 5.32 Å². The maximum absolute atomic E-state index is 14.2. The summed E-state index contributed by atoms with van der Waals surface area (Å²) in [6, 6.07) is 12.9. The smallest absolute Gasteiger partial charge is 0.149 e. The molecule has 96 valence electrons. The molecule has 2 aromatic carbocycles. The van der Waals surface area contributed by atoms with Crippen LogP contribution in [-0.2, 0) is 6.54 Å². The van der Waals surface area contributed by atoms with Gasteiger partial charge in [0.2, 0.25) is 0 Å². The predicted octanol–water partition coefficient (Wildman–Crippen LogP) is 2.88. The van der Waals surface area contributed by atoms with Crippen LogP contribution in [0, 0.1) is 5.82 Å². The molecule has 1 heterocycles. The number of para-hydroxylation sites is 2. The maximum atomic E-state index is 14.2. The Bertz CT molecular complexity index is 718. The first-order chi connectivity index (χ1) is 9.31. The number of nitrogens with one attached hydrogen (secondary N) is 1. The molecule has 0 saturated heterocycles. The van der Waals surface area contributed by atoms with Gasteiger partial charge in [-0.15, -0.1) is 0 Å². The predicted molar refractivity (Wildman–Crippen MR) is 73.8 cm³/mol. The van der Waals surface area contributed by atoms with Crippen molar-refractivity contribution >= 4 is 10.9 Å². The third kappa shape index (κ3) is 2.00. The first-order valence-corrected chi connectivity index (χ1v) is 6.16. The number of nitrogens with zero attached hydrogens (tertiary/aromatic N) is 2. The Balaban J connectivity index is 2.26. The van der Waals surface area contributed by atoms with Gasteiger partial charge in [-0.2, -0.15) is 5.10 Å². The van der Waals surface area contributed by atoms with E-state index in [0.717, 1.165) is 16.5 Å². The first kappa shape index (κ1) is 11.9. The lowest BCUT2D eigenvalue weighted by molar-refractivity contribution is 0.607. The molecule has 0 spiro atoms. The van der Waals surface area contributed by atoms with Gasteiger partial charge in [-0.05, 0) is 24.7 Å². The lowest BCUT2D eigenvalue weighted by Gasteiger charge is -2.11. The summed E-state index contributed by atoms with van der Waals surface area (Å²) in [6.07, 6.45) is 1.75. The van der Waals surface area contributed by atoms with Gasteiger partial charge in [-0.25, -0.2) is 9.07 Å². The lowest BCUT2D eigenvalue weighted by atomic mass is 10.1. The zero-order valence-corrected chi connectivity index (χ0v) is 10.6. The van der Waals surface area contributed by atoms with Crippen molar-refractivity contribution in [1.29, 1.82) is 0 Å². The number of aromatic nitrogens is 2. The zero-order valence-electron chi connectivity index (χ0n) is 10.6. The molecule has 3 nitrogen and oxygen atoms in total. The summed E-state index contributed by atoms with van der Waals surface area (Å²) in [4.78, 5) is 0. The lowest BCUT2D eigenvalue weighted by Crippen LogP contribution is -2.11. The minimum absolute atomic E-state index is 0.262. The summed E-state index contributed by atoms with van der Waals surface area (Å²) in [6.45, 7) is 0.598. The second-order valence-electron chi connectivity index (χ2n) is 4.39. The number of hydrogen-bond donors (Lipinski definition) is 1. The third-order valence-corrected chi connectivity index (χ3v) is 3.13. The van der Waals surface area contributed by atoms with Crippen molar-refractivity contribution in [3.63, 3.8) is 0 Å². The van der Waals surface area contributed by atoms with E-state index in [2.05, 4.69) is 10.4 Å². The summed E-state index contributed by atoms with van der Waals surface area (Å²) in [7, 11) is 1.84. The van der Waals surface area contributed by atoms with Crippen LogP contribution in [0.1, 0.15) is 5.56 Å². The van der Waals surface area contributed by atoms with Crippen LogP contribution in [0.4, 0.5) is 4.39 Å². The molecule has 4 heteroatoms. The molecule has 0 amide bonds. The molecule has 0 aliphatic carbocycles. The van der Waals surface area contributed by atoms with Crippen molar-refractivity contribution in [1.82, 2.24) is 15.1 Å². The molecule has 0 unspecified atom stereocenters. The molecule has 1 aromatic heterocycles. The fraction of sp³-hybridized carbons (Fsp3) is 0.133. The zero-order chi connectivity index (χ0) is 13.2. The number of benzene rings is 2. The van der Waals surface area contributed by atoms with Gasteiger partial charge in [0.25, 0.3) is 0 Å². The molecule has 0 aliphatic heterocycles. The van der Waals surface area contributed by atoms with Gasteiger partial charge in [0.15, 0.2) is 0 Å². The summed E-state index contributed by atoms with van der Waals surface area (Å²) in [5.41, 5.74) is 2.30. The van der Waals surface area contributed by atoms with E-state index in [0.29, 0.717) is 12.2 Å². The van der Waals surface area contributed by atoms with E-state index in [1.807, 2.05) is 37.4 Å². The SMILES string of the molecule is CNCc1cccc(F)c1-n1ncc2ccccc21. The van der Waals surface area contributed by atoms with Gasteiger partial charge in [0.05, 0.1) is 11.7 Å². The minimum atomic E-state index is -0.262. The Kier molecular flexibility index (Phi) is 3.01. The molecule has 1 N–H and O–H groups in total. The molecular weight excluding hydrogens is 241 g/mol. The number of rotatable bonds is 3. The van der Waals surface area contributed by atoms with Crippen molar-refractivity contribution in [3.8, 4) is 5.69 Å². The monoisotopic (exact) mass is 255 g/mol. The van der Waals surface area contributed by atoms with Crippen LogP contribution in [0.2, 0.25) is 0 Å². The Hall–Kier alpha value is -2.20. The van der Waals surface area contributed by atoms with Crippen LogP contribution in [0.15, 0.2) is 48.7 Å². The molecule has 3 aromatic rings. The van der Waals surface area contributed by atoms with Gasteiger partial charge >= 0.3 is 0 Å². The highest BCUT2D eigenvalue weighted by Gasteiger charge is 2.13. The third-order valence-electron chi connectivity index (χ3n) is 3.13. The second kappa shape index (κ2) is 4.82. The van der Waals surface area contributed by atoms with Gasteiger partial charge in [0, 0.05) is 11.9 Å². The molecule has 0 radical (unpaired) electrons. The fourth-order valence-electron chi connectivity index (χ4n) is 2.28. The summed E-state index contributed by atoms with van der Waals surface area (Å²) in [5.74, 6) is -0.262. The highest BCUT2D eigenvalue weighted by molar-refractivity contribution is 5.80. The Morgan fingerprint density at radius 2 is 2.00 bits per heavy atom. The quantitative estimate of drug-likeness (QED) is 0.780. The number of halogens is 1. The molecule has 0 aliphatic rings. The molecular formula is C15H14FN3. The van der Waals surface area contributed by atoms with Crippen molar-refractivity contribution in [3.05, 3.63) is 60.0 Å². The van der Waals surface area contributed by atoms with Crippen LogP contribution >= 0.6 is 0 Å². The van der Waals surface area contributed by atoms with Crippen molar-refractivity contribution in [2.45, 2.75) is 6.54 Å².